The standard InChI is InChI=1S/C9H11BrN2O5S/c1-6(5-13)11-18(16,17)9-4-7(10)2-3-8(9)12(14)15/h2-4,6,11,13H,5H2,1H3. The van der Waals surface area contributed by atoms with Crippen molar-refractivity contribution in [2.45, 2.75) is 17.9 Å². The molecular weight excluding hydrogens is 328 g/mol. The second-order valence-electron chi connectivity index (χ2n) is 3.57. The Bertz CT molecular complexity index is 560. The van der Waals surface area contributed by atoms with E-state index in [0.29, 0.717) is 4.47 Å². The Morgan fingerprint density at radius 1 is 1.56 bits per heavy atom. The lowest BCUT2D eigenvalue weighted by Crippen LogP contribution is -2.35. The summed E-state index contributed by atoms with van der Waals surface area (Å²) in [7, 11) is -4.05. The highest BCUT2D eigenvalue weighted by molar-refractivity contribution is 9.10. The maximum atomic E-state index is 11.9. The van der Waals surface area contributed by atoms with E-state index in [0.717, 1.165) is 12.1 Å². The van der Waals surface area contributed by atoms with E-state index < -0.39 is 38.2 Å². The highest BCUT2D eigenvalue weighted by Crippen LogP contribution is 2.27. The first-order chi connectivity index (χ1) is 8.27. The average Bonchev–Trinajstić information content (AvgIpc) is 2.27. The first-order valence-electron chi connectivity index (χ1n) is 4.85. The number of benzene rings is 1. The fourth-order valence-electron chi connectivity index (χ4n) is 1.22. The summed E-state index contributed by atoms with van der Waals surface area (Å²) < 4.78 is 26.4. The number of aliphatic hydroxyl groups is 1. The third-order valence-corrected chi connectivity index (χ3v) is 4.15. The number of halogens is 1. The van der Waals surface area contributed by atoms with Crippen LogP contribution in [0.4, 0.5) is 5.69 Å². The van der Waals surface area contributed by atoms with Crippen molar-refractivity contribution in [3.63, 3.8) is 0 Å². The minimum absolute atomic E-state index is 0.402. The minimum atomic E-state index is -4.05. The topological polar surface area (TPSA) is 110 Å². The molecule has 1 rings (SSSR count). The van der Waals surface area contributed by atoms with Gasteiger partial charge in [-0.25, -0.2) is 13.1 Å². The van der Waals surface area contributed by atoms with Crippen LogP contribution in [0.2, 0.25) is 0 Å². The quantitative estimate of drug-likeness (QED) is 0.615. The third kappa shape index (κ3) is 3.48. The molecular formula is C9H11BrN2O5S. The molecule has 1 unspecified atom stereocenters. The van der Waals surface area contributed by atoms with Gasteiger partial charge in [-0.2, -0.15) is 0 Å². The Morgan fingerprint density at radius 2 is 2.17 bits per heavy atom. The predicted molar refractivity (Wildman–Crippen MR) is 67.7 cm³/mol. The van der Waals surface area contributed by atoms with E-state index in [4.69, 9.17) is 5.11 Å². The maximum absolute atomic E-state index is 11.9. The summed E-state index contributed by atoms with van der Waals surface area (Å²) in [5.74, 6) is 0. The molecule has 18 heavy (non-hydrogen) atoms. The third-order valence-electron chi connectivity index (χ3n) is 2.04. The zero-order chi connectivity index (χ0) is 13.9. The summed E-state index contributed by atoms with van der Waals surface area (Å²) >= 11 is 3.06. The number of nitro groups is 1. The van der Waals surface area contributed by atoms with Gasteiger partial charge in [0.15, 0.2) is 4.90 Å². The molecule has 0 aliphatic heterocycles. The largest absolute Gasteiger partial charge is 0.395 e. The van der Waals surface area contributed by atoms with Gasteiger partial charge < -0.3 is 5.11 Å². The summed E-state index contributed by atoms with van der Waals surface area (Å²) in [6.45, 7) is 1.04. The van der Waals surface area contributed by atoms with Crippen LogP contribution in [0.25, 0.3) is 0 Å². The highest BCUT2D eigenvalue weighted by atomic mass is 79.9. The molecule has 0 heterocycles. The molecule has 0 saturated heterocycles. The smallest absolute Gasteiger partial charge is 0.289 e. The van der Waals surface area contributed by atoms with Gasteiger partial charge in [0.05, 0.1) is 11.5 Å². The van der Waals surface area contributed by atoms with E-state index in [2.05, 4.69) is 20.7 Å². The molecule has 1 aromatic rings. The number of aliphatic hydroxyl groups excluding tert-OH is 1. The molecule has 0 radical (unpaired) electrons. The first kappa shape index (κ1) is 15.0. The lowest BCUT2D eigenvalue weighted by Gasteiger charge is -2.11. The Balaban J connectivity index is 3.30. The number of nitro benzene ring substituents is 1. The van der Waals surface area contributed by atoms with Crippen LogP contribution in [-0.4, -0.2) is 31.1 Å². The van der Waals surface area contributed by atoms with Gasteiger partial charge in [0.2, 0.25) is 10.0 Å². The van der Waals surface area contributed by atoms with Crippen molar-refractivity contribution >= 4 is 31.6 Å². The molecule has 2 N–H and O–H groups in total. The lowest BCUT2D eigenvalue weighted by molar-refractivity contribution is -0.387. The van der Waals surface area contributed by atoms with Crippen molar-refractivity contribution in [2.24, 2.45) is 0 Å². The summed E-state index contributed by atoms with van der Waals surface area (Å²) in [5, 5.41) is 19.6. The van der Waals surface area contributed by atoms with Crippen LogP contribution in [0, 0.1) is 10.1 Å². The maximum Gasteiger partial charge on any atom is 0.289 e. The predicted octanol–water partition coefficient (Wildman–Crippen LogP) is 1.02. The average molecular weight is 339 g/mol. The van der Waals surface area contributed by atoms with Gasteiger partial charge in [0.1, 0.15) is 0 Å². The molecule has 0 amide bonds. The molecule has 100 valence electrons. The van der Waals surface area contributed by atoms with Crippen molar-refractivity contribution in [1.82, 2.24) is 4.72 Å². The van der Waals surface area contributed by atoms with E-state index in [-0.39, 0.29) is 0 Å². The molecule has 1 aromatic carbocycles. The van der Waals surface area contributed by atoms with E-state index in [1.54, 1.807) is 0 Å². The van der Waals surface area contributed by atoms with Crippen molar-refractivity contribution in [3.8, 4) is 0 Å². The zero-order valence-corrected chi connectivity index (χ0v) is 11.7. The zero-order valence-electron chi connectivity index (χ0n) is 9.33. The normalized spacial score (nSPS) is 13.3. The highest BCUT2D eigenvalue weighted by Gasteiger charge is 2.27. The molecule has 7 nitrogen and oxygen atoms in total. The van der Waals surface area contributed by atoms with Gasteiger partial charge in [-0.05, 0) is 19.1 Å². The second-order valence-corrected chi connectivity index (χ2v) is 6.17. The summed E-state index contributed by atoms with van der Waals surface area (Å²) in [6.07, 6.45) is 0. The Labute approximate surface area is 112 Å². The number of nitrogens with zero attached hydrogens (tertiary/aromatic N) is 1. The van der Waals surface area contributed by atoms with Crippen LogP contribution < -0.4 is 4.72 Å². The SMILES string of the molecule is CC(CO)NS(=O)(=O)c1cc(Br)ccc1[N+](=O)[O-]. The summed E-state index contributed by atoms with van der Waals surface area (Å²) in [6, 6.07) is 2.90. The molecule has 0 spiro atoms. The number of sulfonamides is 1. The lowest BCUT2D eigenvalue weighted by atomic mass is 10.3. The van der Waals surface area contributed by atoms with Gasteiger partial charge in [0.25, 0.3) is 5.69 Å². The molecule has 0 aromatic heterocycles. The van der Waals surface area contributed by atoms with Gasteiger partial charge in [-0.3, -0.25) is 10.1 Å². The monoisotopic (exact) mass is 338 g/mol. The number of hydrogen-bond acceptors (Lipinski definition) is 5. The number of nitrogens with one attached hydrogen (secondary N) is 1. The van der Waals surface area contributed by atoms with E-state index in [9.17, 15) is 18.5 Å². The summed E-state index contributed by atoms with van der Waals surface area (Å²) in [4.78, 5) is 9.57. The minimum Gasteiger partial charge on any atom is -0.395 e. The molecule has 0 bridgehead atoms. The van der Waals surface area contributed by atoms with Crippen LogP contribution in [-0.2, 0) is 10.0 Å². The second kappa shape index (κ2) is 5.74. The van der Waals surface area contributed by atoms with Crippen LogP contribution in [0.1, 0.15) is 6.92 Å². The van der Waals surface area contributed by atoms with Crippen molar-refractivity contribution < 1.29 is 18.4 Å². The fraction of sp³-hybridized carbons (Fsp3) is 0.333. The van der Waals surface area contributed by atoms with Crippen LogP contribution in [0.3, 0.4) is 0 Å². The molecule has 0 fully saturated rings. The van der Waals surface area contributed by atoms with Gasteiger partial charge in [0, 0.05) is 16.6 Å². The van der Waals surface area contributed by atoms with E-state index >= 15 is 0 Å². The molecule has 0 aliphatic rings. The van der Waals surface area contributed by atoms with Gasteiger partial charge in [-0.15, -0.1) is 0 Å². The molecule has 1 atom stereocenters. The van der Waals surface area contributed by atoms with Crippen LogP contribution in [0.5, 0.6) is 0 Å². The van der Waals surface area contributed by atoms with Crippen LogP contribution in [0.15, 0.2) is 27.6 Å². The Morgan fingerprint density at radius 3 is 2.67 bits per heavy atom. The molecule has 9 heteroatoms. The fourth-order valence-corrected chi connectivity index (χ4v) is 3.16. The summed E-state index contributed by atoms with van der Waals surface area (Å²) in [5.41, 5.74) is -0.518. The van der Waals surface area contributed by atoms with Gasteiger partial charge >= 0.3 is 0 Å². The first-order valence-corrected chi connectivity index (χ1v) is 7.12. The number of hydrogen-bond donors (Lipinski definition) is 2. The van der Waals surface area contributed by atoms with Crippen molar-refractivity contribution in [2.75, 3.05) is 6.61 Å². The Kier molecular flexibility index (Phi) is 4.79. The molecule has 0 saturated carbocycles. The Hall–Kier alpha value is -1.03. The van der Waals surface area contributed by atoms with Crippen molar-refractivity contribution in [3.05, 3.63) is 32.8 Å². The van der Waals surface area contributed by atoms with Gasteiger partial charge in [-0.1, -0.05) is 15.9 Å². The number of rotatable bonds is 5. The van der Waals surface area contributed by atoms with E-state index in [1.807, 2.05) is 0 Å². The van der Waals surface area contributed by atoms with Crippen LogP contribution >= 0.6 is 15.9 Å². The van der Waals surface area contributed by atoms with E-state index in [1.165, 1.54) is 13.0 Å². The van der Waals surface area contributed by atoms with Crippen molar-refractivity contribution in [1.29, 1.82) is 0 Å². The molecule has 0 aliphatic carbocycles.